The van der Waals surface area contributed by atoms with Crippen molar-refractivity contribution in [3.05, 3.63) is 59.7 Å². The SMILES string of the molecule is CCc1ccc(N2C(=O)[C@@H]3N=NN(CC(=O)Nc4ccc(C(C)C)cc4)[C@H]3C2=O)cc1. The summed E-state index contributed by atoms with van der Waals surface area (Å²) in [4.78, 5) is 39.5. The number of anilines is 2. The number of hydrogen-bond donors (Lipinski definition) is 1. The summed E-state index contributed by atoms with van der Waals surface area (Å²) in [6.07, 6.45) is 0.866. The number of nitrogens with zero attached hydrogens (tertiary/aromatic N) is 4. The molecule has 3 amide bonds. The number of imide groups is 1. The van der Waals surface area contributed by atoms with Gasteiger partial charge in [-0.1, -0.05) is 50.3 Å². The van der Waals surface area contributed by atoms with Crippen molar-refractivity contribution in [1.82, 2.24) is 5.01 Å². The van der Waals surface area contributed by atoms with Gasteiger partial charge in [0.1, 0.15) is 6.54 Å². The van der Waals surface area contributed by atoms with Gasteiger partial charge in [-0.25, -0.2) is 4.90 Å². The van der Waals surface area contributed by atoms with Crippen molar-refractivity contribution in [2.24, 2.45) is 10.3 Å². The van der Waals surface area contributed by atoms with Gasteiger partial charge in [0.05, 0.1) is 5.69 Å². The average Bonchev–Trinajstić information content (AvgIpc) is 3.28. The Kier molecular flexibility index (Phi) is 5.54. The van der Waals surface area contributed by atoms with E-state index in [1.807, 2.05) is 43.3 Å². The van der Waals surface area contributed by atoms with Gasteiger partial charge in [0.25, 0.3) is 11.8 Å². The fourth-order valence-electron chi connectivity index (χ4n) is 3.79. The summed E-state index contributed by atoms with van der Waals surface area (Å²) in [6, 6.07) is 13.1. The van der Waals surface area contributed by atoms with Gasteiger partial charge < -0.3 is 5.32 Å². The molecule has 2 atom stereocenters. The molecule has 0 spiro atoms. The molecule has 160 valence electrons. The second-order valence-corrected chi connectivity index (χ2v) is 8.05. The smallest absolute Gasteiger partial charge is 0.263 e. The summed E-state index contributed by atoms with van der Waals surface area (Å²) < 4.78 is 0. The Morgan fingerprint density at radius 1 is 1.03 bits per heavy atom. The lowest BCUT2D eigenvalue weighted by molar-refractivity contribution is -0.123. The number of hydrogen-bond acceptors (Lipinski definition) is 6. The van der Waals surface area contributed by atoms with Gasteiger partial charge in [0.2, 0.25) is 5.91 Å². The van der Waals surface area contributed by atoms with E-state index in [1.165, 1.54) is 10.6 Å². The lowest BCUT2D eigenvalue weighted by atomic mass is 10.0. The largest absolute Gasteiger partial charge is 0.324 e. The van der Waals surface area contributed by atoms with Crippen LogP contribution in [0, 0.1) is 0 Å². The fraction of sp³-hybridized carbons (Fsp3) is 0.348. The predicted molar refractivity (Wildman–Crippen MR) is 117 cm³/mol. The fourth-order valence-corrected chi connectivity index (χ4v) is 3.79. The Morgan fingerprint density at radius 2 is 1.71 bits per heavy atom. The first-order valence-corrected chi connectivity index (χ1v) is 10.4. The molecule has 8 nitrogen and oxygen atoms in total. The minimum absolute atomic E-state index is 0.168. The van der Waals surface area contributed by atoms with Crippen LogP contribution >= 0.6 is 0 Å². The molecule has 1 saturated heterocycles. The molecule has 31 heavy (non-hydrogen) atoms. The Hall–Kier alpha value is -3.55. The first kappa shape index (κ1) is 20.7. The Balaban J connectivity index is 1.44. The molecule has 1 N–H and O–H groups in total. The third-order valence-electron chi connectivity index (χ3n) is 5.63. The number of carbonyl (C=O) groups excluding carboxylic acids is 3. The Labute approximate surface area is 180 Å². The van der Waals surface area contributed by atoms with Gasteiger partial charge in [0.15, 0.2) is 12.1 Å². The number of carbonyl (C=O) groups is 3. The zero-order valence-electron chi connectivity index (χ0n) is 17.8. The van der Waals surface area contributed by atoms with Crippen molar-refractivity contribution in [2.45, 2.75) is 45.2 Å². The third kappa shape index (κ3) is 3.93. The molecular formula is C23H25N5O3. The summed E-state index contributed by atoms with van der Waals surface area (Å²) in [5, 5.41) is 12.0. The van der Waals surface area contributed by atoms with Crippen molar-refractivity contribution in [3.63, 3.8) is 0 Å². The van der Waals surface area contributed by atoms with Gasteiger partial charge in [0, 0.05) is 5.69 Å². The molecule has 2 heterocycles. The Morgan fingerprint density at radius 3 is 2.32 bits per heavy atom. The van der Waals surface area contributed by atoms with Crippen LogP contribution in [0.2, 0.25) is 0 Å². The van der Waals surface area contributed by atoms with Crippen LogP contribution < -0.4 is 10.2 Å². The topological polar surface area (TPSA) is 94.4 Å². The highest BCUT2D eigenvalue weighted by atomic mass is 16.2. The number of amides is 3. The predicted octanol–water partition coefficient (Wildman–Crippen LogP) is 3.30. The van der Waals surface area contributed by atoms with Crippen LogP contribution in [0.1, 0.15) is 37.8 Å². The lowest BCUT2D eigenvalue weighted by Gasteiger charge is -2.20. The van der Waals surface area contributed by atoms with E-state index in [0.717, 1.165) is 16.9 Å². The van der Waals surface area contributed by atoms with Gasteiger partial charge in [-0.15, -0.1) is 0 Å². The number of nitrogens with one attached hydrogen (secondary N) is 1. The van der Waals surface area contributed by atoms with Crippen LogP contribution in [0.3, 0.4) is 0 Å². The Bertz CT molecular complexity index is 1030. The molecule has 1 fully saturated rings. The molecule has 2 aromatic rings. The van der Waals surface area contributed by atoms with E-state index in [0.29, 0.717) is 17.3 Å². The highest BCUT2D eigenvalue weighted by Gasteiger charge is 2.55. The maximum Gasteiger partial charge on any atom is 0.263 e. The number of rotatable bonds is 6. The van der Waals surface area contributed by atoms with Crippen LogP contribution in [-0.4, -0.2) is 41.4 Å². The quantitative estimate of drug-likeness (QED) is 0.727. The second-order valence-electron chi connectivity index (χ2n) is 8.05. The van der Waals surface area contributed by atoms with E-state index >= 15 is 0 Å². The van der Waals surface area contributed by atoms with E-state index in [2.05, 4.69) is 29.5 Å². The molecule has 0 saturated carbocycles. The van der Waals surface area contributed by atoms with Crippen molar-refractivity contribution in [1.29, 1.82) is 0 Å². The van der Waals surface area contributed by atoms with Gasteiger partial charge >= 0.3 is 0 Å². The van der Waals surface area contributed by atoms with Crippen LogP contribution in [-0.2, 0) is 20.8 Å². The third-order valence-corrected chi connectivity index (χ3v) is 5.63. The second kappa shape index (κ2) is 8.29. The van der Waals surface area contributed by atoms with Crippen LogP contribution in [0.25, 0.3) is 0 Å². The first-order chi connectivity index (χ1) is 14.9. The molecule has 0 unspecified atom stereocenters. The van der Waals surface area contributed by atoms with Crippen molar-refractivity contribution in [2.75, 3.05) is 16.8 Å². The highest BCUT2D eigenvalue weighted by Crippen LogP contribution is 2.32. The molecule has 4 rings (SSSR count). The summed E-state index contributed by atoms with van der Waals surface area (Å²) in [7, 11) is 0. The normalized spacial score (nSPS) is 20.0. The standard InChI is InChI=1S/C23H25N5O3/c1-4-15-5-11-18(12-6-15)28-22(30)20-21(23(28)31)27(26-25-20)13-19(29)24-17-9-7-16(8-10-17)14(2)3/h5-12,14,20-21H,4,13H2,1-3H3,(H,24,29)/t20-,21-/m1/s1. The highest BCUT2D eigenvalue weighted by molar-refractivity contribution is 6.25. The number of benzene rings is 2. The molecule has 2 aliphatic heterocycles. The minimum atomic E-state index is -0.920. The van der Waals surface area contributed by atoms with Gasteiger partial charge in [-0.3, -0.25) is 19.4 Å². The van der Waals surface area contributed by atoms with Crippen molar-refractivity contribution >= 4 is 29.1 Å². The number of fused-ring (bicyclic) bond motifs is 1. The van der Waals surface area contributed by atoms with Crippen molar-refractivity contribution in [3.8, 4) is 0 Å². The van der Waals surface area contributed by atoms with Crippen LogP contribution in [0.15, 0.2) is 58.9 Å². The molecule has 0 aliphatic carbocycles. The van der Waals surface area contributed by atoms with E-state index in [1.54, 1.807) is 12.1 Å². The molecule has 2 aromatic carbocycles. The maximum atomic E-state index is 13.0. The molecule has 2 aliphatic rings. The summed E-state index contributed by atoms with van der Waals surface area (Å²) >= 11 is 0. The monoisotopic (exact) mass is 419 g/mol. The maximum absolute atomic E-state index is 13.0. The molecule has 0 bridgehead atoms. The first-order valence-electron chi connectivity index (χ1n) is 10.4. The molecule has 0 aromatic heterocycles. The summed E-state index contributed by atoms with van der Waals surface area (Å²) in [5.41, 5.74) is 3.46. The lowest BCUT2D eigenvalue weighted by Crippen LogP contribution is -2.43. The summed E-state index contributed by atoms with van der Waals surface area (Å²) in [5.74, 6) is -0.768. The average molecular weight is 419 g/mol. The van der Waals surface area contributed by atoms with Gasteiger partial charge in [-0.05, 0) is 47.7 Å². The van der Waals surface area contributed by atoms with E-state index in [9.17, 15) is 14.4 Å². The zero-order valence-corrected chi connectivity index (χ0v) is 17.8. The molecule has 0 radical (unpaired) electrons. The number of aryl methyl sites for hydroxylation is 1. The molecular weight excluding hydrogens is 394 g/mol. The van der Waals surface area contributed by atoms with E-state index in [-0.39, 0.29) is 12.5 Å². The zero-order chi connectivity index (χ0) is 22.1. The van der Waals surface area contributed by atoms with Crippen LogP contribution in [0.5, 0.6) is 0 Å². The molecule has 8 heteroatoms. The van der Waals surface area contributed by atoms with E-state index < -0.39 is 23.9 Å². The van der Waals surface area contributed by atoms with Crippen LogP contribution in [0.4, 0.5) is 11.4 Å². The van der Waals surface area contributed by atoms with Crippen molar-refractivity contribution < 1.29 is 14.4 Å². The minimum Gasteiger partial charge on any atom is -0.324 e. The van der Waals surface area contributed by atoms with Gasteiger partial charge in [-0.2, -0.15) is 5.11 Å². The summed E-state index contributed by atoms with van der Waals surface area (Å²) in [6.45, 7) is 6.07. The van der Waals surface area contributed by atoms with E-state index in [4.69, 9.17) is 0 Å².